The van der Waals surface area contributed by atoms with Crippen molar-refractivity contribution in [3.05, 3.63) is 34.7 Å². The van der Waals surface area contributed by atoms with Crippen molar-refractivity contribution in [3.8, 4) is 11.3 Å². The molecule has 0 saturated heterocycles. The number of anilines is 1. The van der Waals surface area contributed by atoms with Crippen molar-refractivity contribution in [3.63, 3.8) is 0 Å². The number of ether oxygens (including phenoxy) is 1. The van der Waals surface area contributed by atoms with Crippen molar-refractivity contribution >= 4 is 28.1 Å². The zero-order chi connectivity index (χ0) is 13.7. The summed E-state index contributed by atoms with van der Waals surface area (Å²) in [5.41, 5.74) is 1.74. The molecule has 2 rings (SSSR count). The second-order valence-electron chi connectivity index (χ2n) is 4.01. The average Bonchev–Trinajstić information content (AvgIpc) is 2.86. The molecule has 0 bridgehead atoms. The fourth-order valence-electron chi connectivity index (χ4n) is 1.60. The number of aromatic nitrogens is 1. The third kappa shape index (κ3) is 3.91. The Balaban J connectivity index is 2.02. The number of hydrogen-bond acceptors (Lipinski definition) is 5. The van der Waals surface area contributed by atoms with Crippen LogP contribution in [0.25, 0.3) is 11.3 Å². The Bertz CT molecular complexity index is 533. The number of methoxy groups -OCH3 is 1. The highest BCUT2D eigenvalue weighted by Gasteiger charge is 2.09. The topological polar surface area (TPSA) is 54.4 Å². The highest BCUT2D eigenvalue weighted by atomic mass is 35.5. The summed E-state index contributed by atoms with van der Waals surface area (Å²) >= 11 is 7.60. The molecular formula is C13H15ClN2O2S. The Labute approximate surface area is 121 Å². The lowest BCUT2D eigenvalue weighted by molar-refractivity contribution is 0.0727. The Morgan fingerprint density at radius 3 is 3.00 bits per heavy atom. The van der Waals surface area contributed by atoms with Gasteiger partial charge >= 0.3 is 0 Å². The van der Waals surface area contributed by atoms with Gasteiger partial charge in [-0.25, -0.2) is 4.98 Å². The summed E-state index contributed by atoms with van der Waals surface area (Å²) in [7, 11) is 1.56. The fourth-order valence-corrected chi connectivity index (χ4v) is 2.56. The van der Waals surface area contributed by atoms with Crippen molar-refractivity contribution in [2.45, 2.75) is 6.10 Å². The van der Waals surface area contributed by atoms with E-state index in [9.17, 15) is 5.11 Å². The number of rotatable bonds is 6. The molecule has 1 atom stereocenters. The van der Waals surface area contributed by atoms with Crippen LogP contribution in [0.15, 0.2) is 29.6 Å². The molecule has 6 heteroatoms. The first-order valence-corrected chi connectivity index (χ1v) is 7.07. The summed E-state index contributed by atoms with van der Waals surface area (Å²) in [5, 5.41) is 16.0. The minimum Gasteiger partial charge on any atom is -0.389 e. The van der Waals surface area contributed by atoms with Crippen LogP contribution < -0.4 is 5.32 Å². The minimum absolute atomic E-state index is 0.301. The molecule has 1 aromatic heterocycles. The van der Waals surface area contributed by atoms with Gasteiger partial charge in [-0.15, -0.1) is 11.3 Å². The third-order valence-electron chi connectivity index (χ3n) is 2.50. The number of benzene rings is 1. The van der Waals surface area contributed by atoms with Crippen LogP contribution >= 0.6 is 22.9 Å². The van der Waals surface area contributed by atoms with Gasteiger partial charge in [-0.3, -0.25) is 0 Å². The largest absolute Gasteiger partial charge is 0.389 e. The van der Waals surface area contributed by atoms with E-state index in [-0.39, 0.29) is 0 Å². The lowest BCUT2D eigenvalue weighted by Gasteiger charge is -2.09. The molecule has 0 radical (unpaired) electrons. The van der Waals surface area contributed by atoms with E-state index >= 15 is 0 Å². The molecule has 0 spiro atoms. The second-order valence-corrected chi connectivity index (χ2v) is 5.27. The molecule has 0 saturated carbocycles. The first-order valence-electron chi connectivity index (χ1n) is 5.82. The third-order valence-corrected chi connectivity index (χ3v) is 3.63. The Hall–Kier alpha value is -1.14. The minimum atomic E-state index is -0.544. The van der Waals surface area contributed by atoms with E-state index in [1.54, 1.807) is 7.11 Å². The van der Waals surface area contributed by atoms with Gasteiger partial charge < -0.3 is 15.2 Å². The number of aliphatic hydroxyl groups is 1. The molecule has 0 aliphatic carbocycles. The highest BCUT2D eigenvalue weighted by molar-refractivity contribution is 7.14. The molecular weight excluding hydrogens is 284 g/mol. The molecule has 4 nitrogen and oxygen atoms in total. The van der Waals surface area contributed by atoms with Crippen molar-refractivity contribution in [2.24, 2.45) is 0 Å². The standard InChI is InChI=1S/C13H15ClN2O2S/c1-18-7-9(17)6-15-13-16-12(8-19-13)10-4-2-3-5-11(10)14/h2-5,8-9,17H,6-7H2,1H3,(H,15,16). The van der Waals surface area contributed by atoms with E-state index in [0.29, 0.717) is 18.2 Å². The van der Waals surface area contributed by atoms with Gasteiger partial charge in [0.1, 0.15) is 0 Å². The van der Waals surface area contributed by atoms with Crippen LogP contribution in [0.4, 0.5) is 5.13 Å². The van der Waals surface area contributed by atoms with Crippen molar-refractivity contribution in [2.75, 3.05) is 25.6 Å². The van der Waals surface area contributed by atoms with E-state index in [1.807, 2.05) is 29.6 Å². The lowest BCUT2D eigenvalue weighted by Crippen LogP contribution is -2.24. The zero-order valence-corrected chi connectivity index (χ0v) is 12.0. The number of hydrogen-bond donors (Lipinski definition) is 2. The Kier molecular flexibility index (Phi) is 5.15. The zero-order valence-electron chi connectivity index (χ0n) is 10.5. The summed E-state index contributed by atoms with van der Waals surface area (Å²) < 4.78 is 4.86. The molecule has 19 heavy (non-hydrogen) atoms. The van der Waals surface area contributed by atoms with Crippen molar-refractivity contribution in [1.82, 2.24) is 4.98 Å². The predicted octanol–water partition coefficient (Wildman–Crippen LogP) is 2.88. The van der Waals surface area contributed by atoms with Crippen LogP contribution in [0, 0.1) is 0 Å². The maximum Gasteiger partial charge on any atom is 0.183 e. The van der Waals surface area contributed by atoms with Crippen LogP contribution in [0.3, 0.4) is 0 Å². The SMILES string of the molecule is COCC(O)CNc1nc(-c2ccccc2Cl)cs1. The summed E-state index contributed by atoms with van der Waals surface area (Å²) in [6, 6.07) is 7.58. The predicted molar refractivity (Wildman–Crippen MR) is 78.9 cm³/mol. The molecule has 1 heterocycles. The molecule has 1 aromatic carbocycles. The number of aliphatic hydroxyl groups excluding tert-OH is 1. The lowest BCUT2D eigenvalue weighted by atomic mass is 10.2. The normalized spacial score (nSPS) is 12.4. The first kappa shape index (κ1) is 14.3. The second kappa shape index (κ2) is 6.86. The van der Waals surface area contributed by atoms with Gasteiger partial charge in [0.15, 0.2) is 5.13 Å². The molecule has 0 amide bonds. The van der Waals surface area contributed by atoms with Crippen LogP contribution in [0.2, 0.25) is 5.02 Å². The quantitative estimate of drug-likeness (QED) is 0.861. The molecule has 0 aliphatic rings. The van der Waals surface area contributed by atoms with Gasteiger partial charge in [-0.1, -0.05) is 29.8 Å². The number of nitrogens with one attached hydrogen (secondary N) is 1. The molecule has 1 unspecified atom stereocenters. The van der Waals surface area contributed by atoms with Gasteiger partial charge in [0.25, 0.3) is 0 Å². The van der Waals surface area contributed by atoms with Crippen LogP contribution in [-0.2, 0) is 4.74 Å². The molecule has 2 aromatic rings. The van der Waals surface area contributed by atoms with Gasteiger partial charge in [-0.05, 0) is 6.07 Å². The molecule has 2 N–H and O–H groups in total. The number of thiazole rings is 1. The van der Waals surface area contributed by atoms with E-state index < -0.39 is 6.10 Å². The monoisotopic (exact) mass is 298 g/mol. The van der Waals surface area contributed by atoms with Gasteiger partial charge in [0, 0.05) is 29.6 Å². The maximum absolute atomic E-state index is 9.55. The van der Waals surface area contributed by atoms with E-state index in [0.717, 1.165) is 16.4 Å². The summed E-state index contributed by atoms with van der Waals surface area (Å²) in [4.78, 5) is 4.44. The summed E-state index contributed by atoms with van der Waals surface area (Å²) in [5.74, 6) is 0. The van der Waals surface area contributed by atoms with Crippen LogP contribution in [-0.4, -0.2) is 36.5 Å². The molecule has 0 fully saturated rings. The van der Waals surface area contributed by atoms with Gasteiger partial charge in [0.05, 0.1) is 18.4 Å². The van der Waals surface area contributed by atoms with Gasteiger partial charge in [0.2, 0.25) is 0 Å². The van der Waals surface area contributed by atoms with E-state index in [1.165, 1.54) is 11.3 Å². The Morgan fingerprint density at radius 1 is 1.47 bits per heavy atom. The average molecular weight is 299 g/mol. The van der Waals surface area contributed by atoms with E-state index in [4.69, 9.17) is 16.3 Å². The molecule has 0 aliphatic heterocycles. The highest BCUT2D eigenvalue weighted by Crippen LogP contribution is 2.30. The Morgan fingerprint density at radius 2 is 2.26 bits per heavy atom. The summed E-state index contributed by atoms with van der Waals surface area (Å²) in [6.07, 6.45) is -0.544. The number of nitrogens with zero attached hydrogens (tertiary/aromatic N) is 1. The van der Waals surface area contributed by atoms with E-state index in [2.05, 4.69) is 10.3 Å². The fraction of sp³-hybridized carbons (Fsp3) is 0.308. The maximum atomic E-state index is 9.55. The van der Waals surface area contributed by atoms with Crippen molar-refractivity contribution in [1.29, 1.82) is 0 Å². The number of halogens is 1. The first-order chi connectivity index (χ1) is 9.20. The van der Waals surface area contributed by atoms with Gasteiger partial charge in [-0.2, -0.15) is 0 Å². The molecule has 102 valence electrons. The van der Waals surface area contributed by atoms with Crippen LogP contribution in [0.5, 0.6) is 0 Å². The van der Waals surface area contributed by atoms with Crippen molar-refractivity contribution < 1.29 is 9.84 Å². The van der Waals surface area contributed by atoms with Crippen LogP contribution in [0.1, 0.15) is 0 Å². The smallest absolute Gasteiger partial charge is 0.183 e. The summed E-state index contributed by atoms with van der Waals surface area (Å²) in [6.45, 7) is 0.707.